The van der Waals surface area contributed by atoms with E-state index in [1.165, 1.54) is 18.2 Å². The Kier molecular flexibility index (Phi) is 6.51. The third kappa shape index (κ3) is 4.40. The largest absolute Gasteiger partial charge is 0.487 e. The van der Waals surface area contributed by atoms with Crippen molar-refractivity contribution in [2.24, 2.45) is 0 Å². The van der Waals surface area contributed by atoms with Gasteiger partial charge in [0, 0.05) is 23.1 Å². The van der Waals surface area contributed by atoms with Crippen molar-refractivity contribution in [3.8, 4) is 16.9 Å². The first-order valence-corrected chi connectivity index (χ1v) is 12.8. The topological polar surface area (TPSA) is 103 Å². The first kappa shape index (κ1) is 24.5. The molecule has 1 saturated heterocycles. The van der Waals surface area contributed by atoms with Crippen molar-refractivity contribution in [2.75, 3.05) is 25.6 Å². The highest BCUT2D eigenvalue weighted by molar-refractivity contribution is 5.85. The number of rotatable bonds is 6. The fourth-order valence-corrected chi connectivity index (χ4v) is 5.99. The molecular weight excluding hydrogens is 486 g/mol. The number of amides is 1. The second-order valence-electron chi connectivity index (χ2n) is 9.89. The van der Waals surface area contributed by atoms with Crippen LogP contribution < -0.4 is 10.1 Å². The van der Waals surface area contributed by atoms with Crippen molar-refractivity contribution in [1.82, 2.24) is 0 Å². The molecule has 2 N–H and O–H groups in total. The molecule has 38 heavy (non-hydrogen) atoms. The predicted molar refractivity (Wildman–Crippen MR) is 139 cm³/mol. The second-order valence-corrected chi connectivity index (χ2v) is 9.89. The molecule has 0 unspecified atom stereocenters. The lowest BCUT2D eigenvalue weighted by Gasteiger charge is -2.36. The first-order valence-electron chi connectivity index (χ1n) is 12.8. The summed E-state index contributed by atoms with van der Waals surface area (Å²) in [7, 11) is 1.34. The van der Waals surface area contributed by atoms with Gasteiger partial charge in [-0.2, -0.15) is 0 Å². The van der Waals surface area contributed by atoms with Gasteiger partial charge in [-0.05, 0) is 46.9 Å². The lowest BCUT2D eigenvalue weighted by atomic mass is 9.84. The molecule has 2 aliphatic heterocycles. The molecule has 1 aliphatic carbocycles. The minimum absolute atomic E-state index is 0.0215. The normalized spacial score (nSPS) is 22.9. The molecule has 0 bridgehead atoms. The summed E-state index contributed by atoms with van der Waals surface area (Å²) in [6.45, 7) is 0.00101. The van der Waals surface area contributed by atoms with Gasteiger partial charge in [0.1, 0.15) is 24.6 Å². The molecule has 6 rings (SSSR count). The van der Waals surface area contributed by atoms with Crippen LogP contribution in [0.3, 0.4) is 0 Å². The number of hydrogen-bond acceptors (Lipinski definition) is 7. The molecule has 0 aromatic heterocycles. The predicted octanol–water partition coefficient (Wildman–Crippen LogP) is 4.61. The average Bonchev–Trinajstić information content (AvgIpc) is 3.47. The summed E-state index contributed by atoms with van der Waals surface area (Å²) < 4.78 is 22.5. The Morgan fingerprint density at radius 1 is 1.00 bits per heavy atom. The molecule has 8 heteroatoms. The zero-order chi connectivity index (χ0) is 26.2. The average molecular weight is 516 g/mol. The first-order chi connectivity index (χ1) is 18.6. The molecule has 196 valence electrons. The highest BCUT2D eigenvalue weighted by Crippen LogP contribution is 2.47. The van der Waals surface area contributed by atoms with E-state index in [1.807, 2.05) is 30.3 Å². The smallest absolute Gasteiger partial charge is 0.411 e. The SMILES string of the molecule is COC(=O)C[C@@H]1C[C@H]2c3cc(NC(=O)OCC4c5ccccc5-c5ccccc54)ccc3O[C@H]2[C@@H](CO)O1. The van der Waals surface area contributed by atoms with Crippen LogP contribution in [0.5, 0.6) is 5.75 Å². The molecule has 2 heterocycles. The number of ether oxygens (including phenoxy) is 4. The van der Waals surface area contributed by atoms with E-state index in [4.69, 9.17) is 18.9 Å². The van der Waals surface area contributed by atoms with Crippen molar-refractivity contribution in [2.45, 2.75) is 43.0 Å². The Morgan fingerprint density at radius 3 is 2.39 bits per heavy atom. The van der Waals surface area contributed by atoms with E-state index in [-0.39, 0.29) is 43.5 Å². The number of benzene rings is 3. The Bertz CT molecular complexity index is 1330. The summed E-state index contributed by atoms with van der Waals surface area (Å²) in [5.74, 6) is 0.204. The number of hydrogen-bond donors (Lipinski definition) is 2. The van der Waals surface area contributed by atoms with Gasteiger partial charge < -0.3 is 24.1 Å². The van der Waals surface area contributed by atoms with Crippen molar-refractivity contribution >= 4 is 17.7 Å². The number of methoxy groups -OCH3 is 1. The van der Waals surface area contributed by atoms with Crippen molar-refractivity contribution in [3.05, 3.63) is 83.4 Å². The van der Waals surface area contributed by atoms with Gasteiger partial charge in [-0.25, -0.2) is 4.79 Å². The van der Waals surface area contributed by atoms with Gasteiger partial charge >= 0.3 is 12.1 Å². The summed E-state index contributed by atoms with van der Waals surface area (Å²) in [5, 5.41) is 12.7. The van der Waals surface area contributed by atoms with E-state index in [1.54, 1.807) is 12.1 Å². The molecule has 3 aromatic rings. The Hall–Kier alpha value is -3.88. The van der Waals surface area contributed by atoms with E-state index in [2.05, 4.69) is 29.6 Å². The van der Waals surface area contributed by atoms with E-state index >= 15 is 0 Å². The number of carbonyl (C=O) groups is 2. The molecule has 0 saturated carbocycles. The molecule has 4 atom stereocenters. The number of nitrogens with one attached hydrogen (secondary N) is 1. The van der Waals surface area contributed by atoms with Gasteiger partial charge in [0.05, 0.1) is 26.2 Å². The second kappa shape index (κ2) is 10.1. The van der Waals surface area contributed by atoms with Crippen LogP contribution in [0.25, 0.3) is 11.1 Å². The van der Waals surface area contributed by atoms with Crippen LogP contribution in [0.2, 0.25) is 0 Å². The molecule has 3 aromatic carbocycles. The van der Waals surface area contributed by atoms with Crippen LogP contribution in [0.4, 0.5) is 10.5 Å². The third-order valence-electron chi connectivity index (χ3n) is 7.71. The molecule has 8 nitrogen and oxygen atoms in total. The molecule has 1 amide bonds. The number of aliphatic hydroxyl groups excluding tert-OH is 1. The summed E-state index contributed by atoms with van der Waals surface area (Å²) in [6, 6.07) is 21.8. The highest BCUT2D eigenvalue weighted by Gasteiger charge is 2.46. The fraction of sp³-hybridized carbons (Fsp3) is 0.333. The molecule has 1 fully saturated rings. The maximum absolute atomic E-state index is 12.8. The minimum Gasteiger partial charge on any atom is -0.487 e. The summed E-state index contributed by atoms with van der Waals surface area (Å²) in [6.07, 6.45) is -1.22. The quantitative estimate of drug-likeness (QED) is 0.462. The van der Waals surface area contributed by atoms with E-state index < -0.39 is 18.3 Å². The Morgan fingerprint density at radius 2 is 1.71 bits per heavy atom. The lowest BCUT2D eigenvalue weighted by Crippen LogP contribution is -2.46. The number of esters is 1. The van der Waals surface area contributed by atoms with Gasteiger partial charge in [-0.1, -0.05) is 48.5 Å². The lowest BCUT2D eigenvalue weighted by molar-refractivity contribution is -0.156. The van der Waals surface area contributed by atoms with Crippen LogP contribution >= 0.6 is 0 Å². The molecule has 0 radical (unpaired) electrons. The molecule has 0 spiro atoms. The van der Waals surface area contributed by atoms with Gasteiger partial charge in [0.2, 0.25) is 0 Å². The van der Waals surface area contributed by atoms with Crippen molar-refractivity contribution in [1.29, 1.82) is 0 Å². The van der Waals surface area contributed by atoms with Crippen LogP contribution in [0.15, 0.2) is 66.7 Å². The molecular formula is C30H29NO7. The van der Waals surface area contributed by atoms with Crippen LogP contribution in [-0.4, -0.2) is 55.8 Å². The fourth-order valence-electron chi connectivity index (χ4n) is 5.99. The van der Waals surface area contributed by atoms with Gasteiger partial charge in [0.15, 0.2) is 0 Å². The van der Waals surface area contributed by atoms with Crippen LogP contribution in [-0.2, 0) is 19.0 Å². The van der Waals surface area contributed by atoms with Crippen molar-refractivity contribution < 1.29 is 33.6 Å². The van der Waals surface area contributed by atoms with Gasteiger partial charge in [0.25, 0.3) is 0 Å². The third-order valence-corrected chi connectivity index (χ3v) is 7.71. The Labute approximate surface area is 220 Å². The van der Waals surface area contributed by atoms with Crippen molar-refractivity contribution in [3.63, 3.8) is 0 Å². The number of fused-ring (bicyclic) bond motifs is 6. The zero-order valence-electron chi connectivity index (χ0n) is 21.0. The highest BCUT2D eigenvalue weighted by atomic mass is 16.6. The monoisotopic (exact) mass is 515 g/mol. The van der Waals surface area contributed by atoms with Gasteiger partial charge in [-0.15, -0.1) is 0 Å². The number of aliphatic hydroxyl groups is 1. The summed E-state index contributed by atoms with van der Waals surface area (Å²) >= 11 is 0. The van der Waals surface area contributed by atoms with E-state index in [0.717, 1.165) is 16.7 Å². The standard InChI is InChI=1S/C30H29NO7/c1-35-28(33)14-18-13-24-23-12-17(10-11-26(23)38-29(24)27(15-32)37-18)31-30(34)36-16-25-21-8-4-2-6-19(21)20-7-3-5-9-22(20)25/h2-12,18,24-25,27,29,32H,13-16H2,1H3,(H,31,34)/t18-,24-,27+,29+/m0/s1. The maximum Gasteiger partial charge on any atom is 0.411 e. The number of carbonyl (C=O) groups excluding carboxylic acids is 2. The van der Waals surface area contributed by atoms with Crippen LogP contribution in [0.1, 0.15) is 41.4 Å². The summed E-state index contributed by atoms with van der Waals surface area (Å²) in [5.41, 5.74) is 6.15. The van der Waals surface area contributed by atoms with Crippen LogP contribution in [0, 0.1) is 0 Å². The summed E-state index contributed by atoms with van der Waals surface area (Å²) in [4.78, 5) is 24.6. The zero-order valence-corrected chi connectivity index (χ0v) is 21.0. The minimum atomic E-state index is -0.561. The molecule has 3 aliphatic rings. The van der Waals surface area contributed by atoms with E-state index in [9.17, 15) is 14.7 Å². The Balaban J connectivity index is 1.14. The number of anilines is 1. The van der Waals surface area contributed by atoms with Gasteiger partial charge in [-0.3, -0.25) is 10.1 Å². The van der Waals surface area contributed by atoms with E-state index in [0.29, 0.717) is 17.9 Å². The maximum atomic E-state index is 12.8.